The molecule has 15 heteroatoms. The van der Waals surface area contributed by atoms with Gasteiger partial charge in [-0.05, 0) is 31.3 Å². The van der Waals surface area contributed by atoms with E-state index < -0.39 is 40.8 Å². The fraction of sp³-hybridized carbons (Fsp3) is 0.241. The molecule has 0 unspecified atom stereocenters. The molecule has 4 heterocycles. The van der Waals surface area contributed by atoms with Crippen LogP contribution in [-0.4, -0.2) is 75.2 Å². The van der Waals surface area contributed by atoms with Gasteiger partial charge in [-0.1, -0.05) is 11.8 Å². The summed E-state index contributed by atoms with van der Waals surface area (Å²) in [5.74, 6) is 1.95. The standard InChI is InChI=1S/C29H25F5N8O2/c1-40-12-14-41(15-13-40)11-3-4-19-23(8-10-36-26(19)35)44-24-7-6-18(16-22(24)31)39-28(43)20-17-38-42(25(20)29(32,33)34)27-21(30)5-2-9-37-27/h2,5-10,16-17H,11-15H2,1H3,(H2,35,36)(H,39,43). The normalized spacial score (nSPS) is 14.1. The molecule has 1 aliphatic rings. The molecule has 0 saturated carbocycles. The van der Waals surface area contributed by atoms with Gasteiger partial charge < -0.3 is 20.7 Å². The Hall–Kier alpha value is -5.07. The van der Waals surface area contributed by atoms with Crippen LogP contribution in [0, 0.1) is 23.5 Å². The SMILES string of the molecule is CN1CCN(CC#Cc2c(Oc3ccc(NC(=O)c4cnn(-c5ncccc5F)c4C(F)(F)F)cc3F)ccnc2N)CC1. The summed E-state index contributed by atoms with van der Waals surface area (Å²) < 4.78 is 76.9. The Bertz CT molecular complexity index is 1740. The Kier molecular flexibility index (Phi) is 8.74. The predicted molar refractivity (Wildman–Crippen MR) is 150 cm³/mol. The van der Waals surface area contributed by atoms with Crippen LogP contribution in [0.5, 0.6) is 11.5 Å². The Morgan fingerprint density at radius 1 is 1.05 bits per heavy atom. The number of halogens is 5. The van der Waals surface area contributed by atoms with Crippen LogP contribution in [0.3, 0.4) is 0 Å². The summed E-state index contributed by atoms with van der Waals surface area (Å²) >= 11 is 0. The number of piperazine rings is 1. The maximum atomic E-state index is 15.1. The minimum absolute atomic E-state index is 0.0873. The second-order valence-electron chi connectivity index (χ2n) is 9.78. The zero-order valence-corrected chi connectivity index (χ0v) is 23.2. The van der Waals surface area contributed by atoms with E-state index in [0.29, 0.717) is 12.7 Å². The van der Waals surface area contributed by atoms with E-state index in [-0.39, 0.29) is 33.2 Å². The van der Waals surface area contributed by atoms with Crippen LogP contribution in [0.15, 0.2) is 55.0 Å². The molecule has 3 N–H and O–H groups in total. The third-order valence-corrected chi connectivity index (χ3v) is 6.69. The van der Waals surface area contributed by atoms with Crippen LogP contribution >= 0.6 is 0 Å². The quantitative estimate of drug-likeness (QED) is 0.246. The maximum absolute atomic E-state index is 15.1. The summed E-state index contributed by atoms with van der Waals surface area (Å²) in [6.45, 7) is 4.09. The number of nitrogens with two attached hydrogens (primary N) is 1. The van der Waals surface area contributed by atoms with Gasteiger partial charge >= 0.3 is 6.18 Å². The van der Waals surface area contributed by atoms with Crippen LogP contribution < -0.4 is 15.8 Å². The molecule has 5 rings (SSSR count). The summed E-state index contributed by atoms with van der Waals surface area (Å²) in [6.07, 6.45) is -2.03. The van der Waals surface area contributed by atoms with Gasteiger partial charge in [-0.15, -0.1) is 0 Å². The summed E-state index contributed by atoms with van der Waals surface area (Å²) in [7, 11) is 2.05. The molecule has 0 atom stereocenters. The molecule has 3 aromatic heterocycles. The molecule has 0 bridgehead atoms. The molecular weight excluding hydrogens is 587 g/mol. The van der Waals surface area contributed by atoms with Gasteiger partial charge in [0.15, 0.2) is 28.9 Å². The minimum atomic E-state index is -5.10. The number of ether oxygens (including phenoxy) is 1. The van der Waals surface area contributed by atoms with Crippen molar-refractivity contribution >= 4 is 17.4 Å². The van der Waals surface area contributed by atoms with E-state index in [1.807, 2.05) is 0 Å². The van der Waals surface area contributed by atoms with Crippen LogP contribution in [0.4, 0.5) is 33.5 Å². The number of carbonyl (C=O) groups is 1. The molecule has 1 aromatic carbocycles. The van der Waals surface area contributed by atoms with Crippen LogP contribution in [0.2, 0.25) is 0 Å². The van der Waals surface area contributed by atoms with Gasteiger partial charge in [-0.3, -0.25) is 9.69 Å². The van der Waals surface area contributed by atoms with Crippen LogP contribution in [0.25, 0.3) is 5.82 Å². The first kappa shape index (κ1) is 30.4. The van der Waals surface area contributed by atoms with Gasteiger partial charge in [0, 0.05) is 56.4 Å². The molecule has 228 valence electrons. The number of amides is 1. The number of likely N-dealkylation sites (N-methyl/N-ethyl adjacent to an activating group) is 1. The number of carbonyl (C=O) groups excluding carboxylic acids is 1. The van der Waals surface area contributed by atoms with Crippen molar-refractivity contribution in [1.29, 1.82) is 0 Å². The van der Waals surface area contributed by atoms with E-state index in [1.165, 1.54) is 30.5 Å². The van der Waals surface area contributed by atoms with Crippen LogP contribution in [-0.2, 0) is 6.18 Å². The Morgan fingerprint density at radius 2 is 1.82 bits per heavy atom. The summed E-state index contributed by atoms with van der Waals surface area (Å²) in [4.78, 5) is 24.9. The first-order valence-corrected chi connectivity index (χ1v) is 13.2. The number of alkyl halides is 3. The highest BCUT2D eigenvalue weighted by Crippen LogP contribution is 2.35. The first-order chi connectivity index (χ1) is 21.0. The van der Waals surface area contributed by atoms with E-state index in [9.17, 15) is 22.4 Å². The van der Waals surface area contributed by atoms with E-state index in [2.05, 4.69) is 49.1 Å². The van der Waals surface area contributed by atoms with E-state index >= 15 is 4.39 Å². The number of nitrogen functional groups attached to an aromatic ring is 1. The summed E-state index contributed by atoms with van der Waals surface area (Å²) in [5.41, 5.74) is 3.62. The van der Waals surface area contributed by atoms with Gasteiger partial charge in [0.25, 0.3) is 5.91 Å². The lowest BCUT2D eigenvalue weighted by molar-refractivity contribution is -0.143. The number of hydrogen-bond acceptors (Lipinski definition) is 8. The number of pyridine rings is 2. The van der Waals surface area contributed by atoms with Crippen molar-refractivity contribution < 1.29 is 31.5 Å². The highest BCUT2D eigenvalue weighted by atomic mass is 19.4. The van der Waals surface area contributed by atoms with Gasteiger partial charge in [0.1, 0.15) is 17.1 Å². The first-order valence-electron chi connectivity index (χ1n) is 13.2. The number of aromatic nitrogens is 4. The number of rotatable bonds is 6. The summed E-state index contributed by atoms with van der Waals surface area (Å²) in [5, 5.41) is 5.73. The summed E-state index contributed by atoms with van der Waals surface area (Å²) in [6, 6.07) is 6.84. The second-order valence-corrected chi connectivity index (χ2v) is 9.78. The zero-order chi connectivity index (χ0) is 31.4. The lowest BCUT2D eigenvalue weighted by Crippen LogP contribution is -2.44. The lowest BCUT2D eigenvalue weighted by atomic mass is 10.2. The van der Waals surface area contributed by atoms with E-state index in [1.54, 1.807) is 0 Å². The van der Waals surface area contributed by atoms with Crippen LogP contribution in [0.1, 0.15) is 21.6 Å². The molecule has 1 aliphatic heterocycles. The van der Waals surface area contributed by atoms with Crippen molar-refractivity contribution in [2.24, 2.45) is 0 Å². The van der Waals surface area contributed by atoms with Gasteiger partial charge in [-0.2, -0.15) is 18.3 Å². The van der Waals surface area contributed by atoms with Gasteiger partial charge in [-0.25, -0.2) is 23.4 Å². The molecule has 4 aromatic rings. The second kappa shape index (κ2) is 12.7. The number of nitrogens with one attached hydrogen (secondary N) is 1. The van der Waals surface area contributed by atoms with Gasteiger partial charge in [0.2, 0.25) is 0 Å². The minimum Gasteiger partial charge on any atom is -0.453 e. The fourth-order valence-corrected chi connectivity index (χ4v) is 4.38. The number of hydrogen-bond donors (Lipinski definition) is 2. The molecule has 0 radical (unpaired) electrons. The molecular formula is C29H25F5N8O2. The largest absolute Gasteiger partial charge is 0.453 e. The molecule has 1 saturated heterocycles. The fourth-order valence-electron chi connectivity index (χ4n) is 4.38. The highest BCUT2D eigenvalue weighted by molar-refractivity contribution is 6.05. The molecule has 1 fully saturated rings. The number of benzene rings is 1. The molecule has 10 nitrogen and oxygen atoms in total. The Balaban J connectivity index is 1.33. The zero-order valence-electron chi connectivity index (χ0n) is 23.2. The highest BCUT2D eigenvalue weighted by Gasteiger charge is 2.41. The van der Waals surface area contributed by atoms with E-state index in [0.717, 1.165) is 44.5 Å². The smallest absolute Gasteiger partial charge is 0.434 e. The van der Waals surface area contributed by atoms with Crippen molar-refractivity contribution in [1.82, 2.24) is 29.5 Å². The number of anilines is 2. The van der Waals surface area contributed by atoms with Crippen molar-refractivity contribution in [2.45, 2.75) is 6.18 Å². The van der Waals surface area contributed by atoms with Gasteiger partial charge in [0.05, 0.1) is 18.3 Å². The Morgan fingerprint density at radius 3 is 2.52 bits per heavy atom. The molecule has 0 aliphatic carbocycles. The monoisotopic (exact) mass is 612 g/mol. The molecule has 1 amide bonds. The van der Waals surface area contributed by atoms with Crippen molar-refractivity contribution in [3.8, 4) is 29.2 Å². The average Bonchev–Trinajstić information content (AvgIpc) is 3.43. The molecule has 44 heavy (non-hydrogen) atoms. The predicted octanol–water partition coefficient (Wildman–Crippen LogP) is 4.19. The Labute approximate surface area is 248 Å². The number of nitrogens with zero attached hydrogens (tertiary/aromatic N) is 6. The third-order valence-electron chi connectivity index (χ3n) is 6.69. The lowest BCUT2D eigenvalue weighted by Gasteiger charge is -2.30. The third kappa shape index (κ3) is 6.77. The van der Waals surface area contributed by atoms with Crippen molar-refractivity contribution in [2.75, 3.05) is 50.8 Å². The maximum Gasteiger partial charge on any atom is 0.434 e. The van der Waals surface area contributed by atoms with Crippen molar-refractivity contribution in [3.05, 3.63) is 83.4 Å². The van der Waals surface area contributed by atoms with Crippen molar-refractivity contribution in [3.63, 3.8) is 0 Å². The topological polar surface area (TPSA) is 114 Å². The molecule has 0 spiro atoms. The average molecular weight is 613 g/mol. The van der Waals surface area contributed by atoms with E-state index in [4.69, 9.17) is 10.5 Å².